The molecule has 1 rings (SSSR count). The average molecular weight is 439 g/mol. The summed E-state index contributed by atoms with van der Waals surface area (Å²) in [5.74, 6) is -3.45. The molecule has 164 valence electrons. The molecular weight excluding hydrogens is 415 g/mol. The van der Waals surface area contributed by atoms with Crippen LogP contribution in [0, 0.1) is 0 Å². The standard InChI is InChI=1S/C16H23NO4S.C2HF3O2/c1-14(18)21-10-12-22(19,20)11-6-5-9-16(17)13-15-7-3-2-4-8-15;3-2(4,5)1(6)7/h2-8,16H,9-13,17H2,1H3;(H,6,7). The first kappa shape index (κ1) is 26.6. The second-order valence-electron chi connectivity index (χ2n) is 5.91. The summed E-state index contributed by atoms with van der Waals surface area (Å²) in [5.41, 5.74) is 7.18. The largest absolute Gasteiger partial charge is 0.490 e. The minimum Gasteiger partial charge on any atom is -0.475 e. The number of hydrogen-bond acceptors (Lipinski definition) is 6. The van der Waals surface area contributed by atoms with E-state index in [1.807, 2.05) is 30.3 Å². The van der Waals surface area contributed by atoms with Gasteiger partial charge in [0.25, 0.3) is 0 Å². The van der Waals surface area contributed by atoms with Crippen molar-refractivity contribution in [2.24, 2.45) is 5.73 Å². The summed E-state index contributed by atoms with van der Waals surface area (Å²) in [6.07, 6.45) is -0.316. The van der Waals surface area contributed by atoms with Gasteiger partial charge in [-0.15, -0.1) is 0 Å². The molecule has 0 saturated carbocycles. The van der Waals surface area contributed by atoms with Crippen molar-refractivity contribution in [2.45, 2.75) is 32.0 Å². The Balaban J connectivity index is 0.000000956. The van der Waals surface area contributed by atoms with Crippen molar-refractivity contribution in [3.63, 3.8) is 0 Å². The van der Waals surface area contributed by atoms with Crippen molar-refractivity contribution in [1.29, 1.82) is 0 Å². The molecule has 0 fully saturated rings. The van der Waals surface area contributed by atoms with Crippen molar-refractivity contribution >= 4 is 21.8 Å². The van der Waals surface area contributed by atoms with Crippen molar-refractivity contribution in [3.8, 4) is 0 Å². The molecule has 0 saturated heterocycles. The highest BCUT2D eigenvalue weighted by Gasteiger charge is 2.38. The second-order valence-corrected chi connectivity index (χ2v) is 8.14. The number of carbonyl (C=O) groups is 2. The zero-order valence-corrected chi connectivity index (χ0v) is 16.6. The Bertz CT molecular complexity index is 764. The molecule has 0 radical (unpaired) electrons. The third-order valence-electron chi connectivity index (χ3n) is 3.24. The first-order valence-corrected chi connectivity index (χ1v) is 10.2. The molecule has 0 heterocycles. The van der Waals surface area contributed by atoms with Crippen molar-refractivity contribution in [3.05, 3.63) is 48.0 Å². The number of esters is 1. The minimum absolute atomic E-state index is 0.0394. The number of aliphatic carboxylic acids is 1. The van der Waals surface area contributed by atoms with Crippen molar-refractivity contribution in [1.82, 2.24) is 0 Å². The maximum atomic E-state index is 11.7. The third kappa shape index (κ3) is 15.2. The molecule has 0 aliphatic carbocycles. The molecule has 3 N–H and O–H groups in total. The average Bonchev–Trinajstić information content (AvgIpc) is 2.59. The van der Waals surface area contributed by atoms with Gasteiger partial charge in [0.05, 0.1) is 11.5 Å². The highest BCUT2D eigenvalue weighted by Crippen LogP contribution is 2.13. The van der Waals surface area contributed by atoms with E-state index < -0.39 is 28.0 Å². The summed E-state index contributed by atoms with van der Waals surface area (Å²) in [7, 11) is -3.24. The van der Waals surface area contributed by atoms with E-state index in [1.54, 1.807) is 12.2 Å². The number of halogens is 3. The molecule has 0 aromatic heterocycles. The van der Waals surface area contributed by atoms with Gasteiger partial charge in [-0.05, 0) is 18.4 Å². The van der Waals surface area contributed by atoms with E-state index in [4.69, 9.17) is 15.6 Å². The van der Waals surface area contributed by atoms with E-state index in [2.05, 4.69) is 4.74 Å². The first-order chi connectivity index (χ1) is 13.3. The van der Waals surface area contributed by atoms with Gasteiger partial charge >= 0.3 is 18.1 Å². The number of nitrogens with two attached hydrogens (primary N) is 1. The predicted octanol–water partition coefficient (Wildman–Crippen LogP) is 2.11. The lowest BCUT2D eigenvalue weighted by molar-refractivity contribution is -0.192. The van der Waals surface area contributed by atoms with Gasteiger partial charge in [0.2, 0.25) is 0 Å². The van der Waals surface area contributed by atoms with Gasteiger partial charge in [0.1, 0.15) is 6.61 Å². The van der Waals surface area contributed by atoms with Gasteiger partial charge < -0.3 is 15.6 Å². The number of hydrogen-bond donors (Lipinski definition) is 2. The first-order valence-electron chi connectivity index (χ1n) is 8.42. The normalized spacial score (nSPS) is 12.7. The Labute approximate surface area is 167 Å². The van der Waals surface area contributed by atoms with Gasteiger partial charge in [-0.3, -0.25) is 4.79 Å². The number of carbonyl (C=O) groups excluding carboxylic acids is 1. The number of sulfone groups is 1. The third-order valence-corrected chi connectivity index (χ3v) is 4.73. The molecule has 11 heteroatoms. The van der Waals surface area contributed by atoms with Crippen LogP contribution in [0.5, 0.6) is 0 Å². The molecule has 0 spiro atoms. The summed E-state index contributed by atoms with van der Waals surface area (Å²) in [5, 5.41) is 7.12. The van der Waals surface area contributed by atoms with Gasteiger partial charge in [-0.2, -0.15) is 13.2 Å². The van der Waals surface area contributed by atoms with Gasteiger partial charge in [-0.1, -0.05) is 42.5 Å². The number of alkyl halides is 3. The maximum absolute atomic E-state index is 11.7. The van der Waals surface area contributed by atoms with Crippen LogP contribution in [0.15, 0.2) is 42.5 Å². The lowest BCUT2D eigenvalue weighted by Gasteiger charge is -2.08. The Hall–Kier alpha value is -2.40. The van der Waals surface area contributed by atoms with E-state index in [0.29, 0.717) is 6.42 Å². The Kier molecular flexibility index (Phi) is 11.9. The van der Waals surface area contributed by atoms with Crippen LogP contribution >= 0.6 is 0 Å². The van der Waals surface area contributed by atoms with E-state index in [-0.39, 0.29) is 24.2 Å². The number of carboxylic acids is 1. The molecule has 0 aliphatic rings. The minimum atomic E-state index is -5.08. The number of rotatable bonds is 9. The van der Waals surface area contributed by atoms with Crippen LogP contribution in [-0.2, 0) is 30.6 Å². The summed E-state index contributed by atoms with van der Waals surface area (Å²) >= 11 is 0. The van der Waals surface area contributed by atoms with E-state index in [1.165, 1.54) is 6.92 Å². The molecule has 0 aliphatic heterocycles. The quantitative estimate of drug-likeness (QED) is 0.446. The van der Waals surface area contributed by atoms with Crippen molar-refractivity contribution in [2.75, 3.05) is 18.1 Å². The van der Waals surface area contributed by atoms with Gasteiger partial charge in [-0.25, -0.2) is 13.2 Å². The maximum Gasteiger partial charge on any atom is 0.490 e. The monoisotopic (exact) mass is 439 g/mol. The zero-order valence-electron chi connectivity index (χ0n) is 15.8. The molecule has 7 nitrogen and oxygen atoms in total. The molecule has 29 heavy (non-hydrogen) atoms. The fourth-order valence-electron chi connectivity index (χ4n) is 1.88. The van der Waals surface area contributed by atoms with Crippen LogP contribution in [0.3, 0.4) is 0 Å². The van der Waals surface area contributed by atoms with Crippen molar-refractivity contribution < 1.29 is 41.0 Å². The van der Waals surface area contributed by atoms with Crippen LogP contribution < -0.4 is 5.73 Å². The van der Waals surface area contributed by atoms with E-state index in [0.717, 1.165) is 12.0 Å². The van der Waals surface area contributed by atoms with Gasteiger partial charge in [0.15, 0.2) is 9.84 Å². The van der Waals surface area contributed by atoms with Crippen LogP contribution in [-0.4, -0.2) is 55.8 Å². The molecule has 0 amide bonds. The Morgan fingerprint density at radius 1 is 1.21 bits per heavy atom. The van der Waals surface area contributed by atoms with E-state index in [9.17, 15) is 26.4 Å². The van der Waals surface area contributed by atoms with E-state index >= 15 is 0 Å². The van der Waals surface area contributed by atoms with Crippen LogP contribution in [0.2, 0.25) is 0 Å². The fourth-order valence-corrected chi connectivity index (χ4v) is 2.81. The second kappa shape index (κ2) is 12.9. The number of benzene rings is 1. The summed E-state index contributed by atoms with van der Waals surface area (Å²) in [6, 6.07) is 9.88. The molecule has 1 aromatic rings. The lowest BCUT2D eigenvalue weighted by Crippen LogP contribution is -2.22. The fraction of sp³-hybridized carbons (Fsp3) is 0.444. The summed E-state index contributed by atoms with van der Waals surface area (Å²) < 4.78 is 59.7. The topological polar surface area (TPSA) is 124 Å². The zero-order chi connectivity index (χ0) is 22.5. The summed E-state index contributed by atoms with van der Waals surface area (Å²) in [4.78, 5) is 19.5. The predicted molar refractivity (Wildman–Crippen MR) is 101 cm³/mol. The molecular formula is C18H24F3NO6S. The van der Waals surface area contributed by atoms with Crippen LogP contribution in [0.1, 0.15) is 18.9 Å². The Morgan fingerprint density at radius 2 is 1.76 bits per heavy atom. The number of ether oxygens (including phenoxy) is 1. The molecule has 1 atom stereocenters. The molecule has 1 aromatic carbocycles. The van der Waals surface area contributed by atoms with Gasteiger partial charge in [0, 0.05) is 13.0 Å². The molecule has 1 unspecified atom stereocenters. The highest BCUT2D eigenvalue weighted by molar-refractivity contribution is 7.91. The lowest BCUT2D eigenvalue weighted by atomic mass is 10.0. The highest BCUT2D eigenvalue weighted by atomic mass is 32.2. The smallest absolute Gasteiger partial charge is 0.475 e. The van der Waals surface area contributed by atoms with Crippen LogP contribution in [0.4, 0.5) is 13.2 Å². The summed E-state index contributed by atoms with van der Waals surface area (Å²) in [6.45, 7) is 1.15. The van der Waals surface area contributed by atoms with Crippen LogP contribution in [0.25, 0.3) is 0 Å². The number of carboxylic acid groups (broad SMARTS) is 1. The Morgan fingerprint density at radius 3 is 2.24 bits per heavy atom. The molecule has 0 bridgehead atoms. The SMILES string of the molecule is CC(=O)OCCS(=O)(=O)CC=CCC(N)Cc1ccccc1.O=C(O)C(F)(F)F.